The van der Waals surface area contributed by atoms with Crippen LogP contribution in [0.2, 0.25) is 0 Å². The lowest BCUT2D eigenvalue weighted by Gasteiger charge is -2.09. The molecule has 0 saturated carbocycles. The number of Topliss-reactive ketones (excluding diaryl/α,β-unsaturated/α-hetero) is 4. The normalized spacial score (nSPS) is 10.4. The Morgan fingerprint density at radius 1 is 0.944 bits per heavy atom. The number of hydrogen-bond acceptors (Lipinski definition) is 4. The van der Waals surface area contributed by atoms with Gasteiger partial charge in [-0.3, -0.25) is 19.2 Å². The summed E-state index contributed by atoms with van der Waals surface area (Å²) in [4.78, 5) is 40.5. The van der Waals surface area contributed by atoms with E-state index in [0.717, 1.165) is 0 Å². The van der Waals surface area contributed by atoms with Gasteiger partial charge in [0.15, 0.2) is 22.2 Å². The van der Waals surface area contributed by atoms with Crippen molar-refractivity contribution in [1.82, 2.24) is 0 Å². The second-order valence-corrected chi connectivity index (χ2v) is 5.76. The van der Waals surface area contributed by atoms with E-state index in [1.54, 1.807) is 0 Å². The minimum atomic E-state index is -1.83. The van der Waals surface area contributed by atoms with Crippen molar-refractivity contribution < 1.29 is 19.2 Å². The zero-order valence-corrected chi connectivity index (χ0v) is 13.0. The fourth-order valence-electron chi connectivity index (χ4n) is 0.570. The summed E-state index contributed by atoms with van der Waals surface area (Å²) in [6.07, 6.45) is -0.169. The lowest BCUT2D eigenvalue weighted by atomic mass is 10.2. The molecule has 0 rings (SSSR count). The summed E-state index contributed by atoms with van der Waals surface area (Å²) in [6.45, 7) is 3.65. The number of alkyl halides is 4. The van der Waals surface area contributed by atoms with E-state index < -0.39 is 26.5 Å². The average molecular weight is 338 g/mol. The van der Waals surface area contributed by atoms with E-state index in [-0.39, 0.29) is 12.2 Å². The summed E-state index contributed by atoms with van der Waals surface area (Å²) in [5.74, 6) is -1.74. The zero-order valence-electron chi connectivity index (χ0n) is 9.93. The Balaban J connectivity index is 0. The van der Waals surface area contributed by atoms with Gasteiger partial charge in [-0.2, -0.15) is 0 Å². The molecule has 0 aromatic rings. The lowest BCUT2D eigenvalue weighted by molar-refractivity contribution is -0.127. The zero-order chi connectivity index (χ0) is 15.1. The van der Waals surface area contributed by atoms with Crippen LogP contribution in [0.4, 0.5) is 0 Å². The van der Waals surface area contributed by atoms with Crippen LogP contribution >= 0.6 is 46.4 Å². The molecule has 0 unspecified atom stereocenters. The van der Waals surface area contributed by atoms with Crippen LogP contribution in [0.5, 0.6) is 0 Å². The molecule has 0 aromatic carbocycles. The van der Waals surface area contributed by atoms with Crippen LogP contribution in [-0.2, 0) is 19.2 Å². The molecule has 0 aliphatic rings. The highest BCUT2D eigenvalue weighted by atomic mass is 35.5. The fraction of sp³-hybridized carbons (Fsp3) is 0.600. The maximum absolute atomic E-state index is 10.5. The standard InChI is InChI=1S/2C5H6Cl2O2/c1-3(8)5(6,7)4(2)9;1-3(8)2-4(9)5(6)7/h1-2H3;5H,2H2,1H3. The van der Waals surface area contributed by atoms with Crippen molar-refractivity contribution in [2.24, 2.45) is 0 Å². The predicted octanol–water partition coefficient (Wildman–Crippen LogP) is 2.68. The molecule has 0 atom stereocenters. The van der Waals surface area contributed by atoms with E-state index in [0.29, 0.717) is 0 Å². The molecule has 0 radical (unpaired) electrons. The molecule has 0 amide bonds. The summed E-state index contributed by atoms with van der Waals surface area (Å²) >= 11 is 20.8. The average Bonchev–Trinajstić information content (AvgIpc) is 2.16. The van der Waals surface area contributed by atoms with Gasteiger partial charge in [0.05, 0.1) is 6.42 Å². The number of hydrogen-bond donors (Lipinski definition) is 0. The SMILES string of the molecule is CC(=O)C(Cl)(Cl)C(C)=O.CC(=O)CC(=O)C(Cl)Cl. The van der Waals surface area contributed by atoms with Gasteiger partial charge < -0.3 is 0 Å². The summed E-state index contributed by atoms with van der Waals surface area (Å²) in [7, 11) is 0. The van der Waals surface area contributed by atoms with Gasteiger partial charge in [-0.1, -0.05) is 46.4 Å². The predicted molar refractivity (Wildman–Crippen MR) is 71.6 cm³/mol. The number of rotatable bonds is 5. The highest BCUT2D eigenvalue weighted by Crippen LogP contribution is 2.22. The van der Waals surface area contributed by atoms with Gasteiger partial charge in [-0.25, -0.2) is 0 Å². The highest BCUT2D eigenvalue weighted by molar-refractivity contribution is 6.67. The molecule has 18 heavy (non-hydrogen) atoms. The van der Waals surface area contributed by atoms with Crippen LogP contribution in [0.3, 0.4) is 0 Å². The van der Waals surface area contributed by atoms with E-state index in [9.17, 15) is 19.2 Å². The Kier molecular flexibility index (Phi) is 9.92. The van der Waals surface area contributed by atoms with Gasteiger partial charge in [0.25, 0.3) is 0 Å². The molecule has 0 saturated heterocycles. The Labute approximate surface area is 125 Å². The van der Waals surface area contributed by atoms with Crippen LogP contribution < -0.4 is 0 Å². The number of halogens is 4. The number of carbonyl (C=O) groups is 4. The van der Waals surface area contributed by atoms with E-state index in [2.05, 4.69) is 0 Å². The molecule has 0 fully saturated rings. The third-order valence-electron chi connectivity index (χ3n) is 1.55. The molecule has 0 aliphatic carbocycles. The molecule has 0 spiro atoms. The quantitative estimate of drug-likeness (QED) is 0.571. The second-order valence-electron chi connectivity index (χ2n) is 3.33. The summed E-state index contributed by atoms with van der Waals surface area (Å²) in [5.41, 5.74) is 0. The van der Waals surface area contributed by atoms with Crippen molar-refractivity contribution in [3.8, 4) is 0 Å². The Morgan fingerprint density at radius 3 is 1.33 bits per heavy atom. The summed E-state index contributed by atoms with van der Waals surface area (Å²) < 4.78 is -1.83. The molecule has 104 valence electrons. The molecule has 0 aromatic heterocycles. The first-order valence-corrected chi connectivity index (χ1v) is 6.26. The van der Waals surface area contributed by atoms with E-state index in [1.807, 2.05) is 0 Å². The van der Waals surface area contributed by atoms with Crippen LogP contribution in [0.15, 0.2) is 0 Å². The molecule has 8 heteroatoms. The van der Waals surface area contributed by atoms with E-state index in [1.165, 1.54) is 20.8 Å². The molecule has 0 bridgehead atoms. The third kappa shape index (κ3) is 8.86. The molecule has 0 aliphatic heterocycles. The van der Waals surface area contributed by atoms with Gasteiger partial charge in [0, 0.05) is 0 Å². The Hall–Kier alpha value is -0.160. The molecule has 0 N–H and O–H groups in total. The van der Waals surface area contributed by atoms with Crippen LogP contribution in [0, 0.1) is 0 Å². The molecule has 0 heterocycles. The Morgan fingerprint density at radius 2 is 1.28 bits per heavy atom. The highest BCUT2D eigenvalue weighted by Gasteiger charge is 2.35. The maximum Gasteiger partial charge on any atom is 0.232 e. The van der Waals surface area contributed by atoms with Crippen molar-refractivity contribution >= 4 is 69.5 Å². The van der Waals surface area contributed by atoms with Crippen LogP contribution in [-0.4, -0.2) is 32.3 Å². The summed E-state index contributed by atoms with van der Waals surface area (Å²) in [6, 6.07) is 0. The minimum Gasteiger partial charge on any atom is -0.300 e. The van der Waals surface area contributed by atoms with Gasteiger partial charge >= 0.3 is 0 Å². The maximum atomic E-state index is 10.5. The third-order valence-corrected chi connectivity index (χ3v) is 3.10. The number of ketones is 4. The smallest absolute Gasteiger partial charge is 0.232 e. The molecular formula is C10H12Cl4O4. The largest absolute Gasteiger partial charge is 0.300 e. The van der Waals surface area contributed by atoms with E-state index in [4.69, 9.17) is 46.4 Å². The number of carbonyl (C=O) groups excluding carboxylic acids is 4. The minimum absolute atomic E-state index is 0.169. The molecule has 4 nitrogen and oxygen atoms in total. The van der Waals surface area contributed by atoms with Crippen molar-refractivity contribution in [3.05, 3.63) is 0 Å². The lowest BCUT2D eigenvalue weighted by Crippen LogP contribution is -2.31. The van der Waals surface area contributed by atoms with Crippen molar-refractivity contribution in [2.75, 3.05) is 0 Å². The van der Waals surface area contributed by atoms with Gasteiger partial charge in [-0.15, -0.1) is 0 Å². The van der Waals surface area contributed by atoms with E-state index >= 15 is 0 Å². The van der Waals surface area contributed by atoms with Crippen LogP contribution in [0.25, 0.3) is 0 Å². The van der Waals surface area contributed by atoms with Crippen molar-refractivity contribution in [1.29, 1.82) is 0 Å². The first kappa shape index (κ1) is 20.2. The van der Waals surface area contributed by atoms with Gasteiger partial charge in [0.2, 0.25) is 4.33 Å². The molecular weight excluding hydrogens is 326 g/mol. The Bertz CT molecular complexity index is 331. The second kappa shape index (κ2) is 8.86. The summed E-state index contributed by atoms with van der Waals surface area (Å²) in [5, 5.41) is 0. The van der Waals surface area contributed by atoms with Gasteiger partial charge in [-0.05, 0) is 20.8 Å². The first-order valence-electron chi connectivity index (χ1n) is 4.63. The van der Waals surface area contributed by atoms with Gasteiger partial charge in [0.1, 0.15) is 5.78 Å². The van der Waals surface area contributed by atoms with Crippen molar-refractivity contribution in [3.63, 3.8) is 0 Å². The monoisotopic (exact) mass is 336 g/mol. The topological polar surface area (TPSA) is 68.3 Å². The van der Waals surface area contributed by atoms with Crippen LogP contribution in [0.1, 0.15) is 27.2 Å². The van der Waals surface area contributed by atoms with Crippen molar-refractivity contribution in [2.45, 2.75) is 36.4 Å². The fourth-order valence-corrected chi connectivity index (χ4v) is 0.725. The first-order chi connectivity index (χ1) is 7.92.